The molecule has 2 aromatic rings. The SMILES string of the molecule is COc1ccc(Cl)cc1S(=O)(=O)NCc1ccnc(N2CCCCC2)n1. The molecule has 0 amide bonds. The summed E-state index contributed by atoms with van der Waals surface area (Å²) in [5.74, 6) is 0.875. The van der Waals surface area contributed by atoms with E-state index in [9.17, 15) is 8.42 Å². The lowest BCUT2D eigenvalue weighted by molar-refractivity contribution is 0.402. The van der Waals surface area contributed by atoms with Crippen LogP contribution < -0.4 is 14.4 Å². The molecule has 1 fully saturated rings. The summed E-state index contributed by atoms with van der Waals surface area (Å²) in [6, 6.07) is 6.16. The zero-order valence-electron chi connectivity index (χ0n) is 14.5. The van der Waals surface area contributed by atoms with Gasteiger partial charge >= 0.3 is 0 Å². The smallest absolute Gasteiger partial charge is 0.244 e. The van der Waals surface area contributed by atoms with Crippen molar-refractivity contribution in [2.45, 2.75) is 30.7 Å². The van der Waals surface area contributed by atoms with Gasteiger partial charge < -0.3 is 9.64 Å². The minimum absolute atomic E-state index is 0.00203. The lowest BCUT2D eigenvalue weighted by Gasteiger charge is -2.26. The lowest BCUT2D eigenvalue weighted by atomic mass is 10.1. The Morgan fingerprint density at radius 1 is 1.23 bits per heavy atom. The molecular formula is C17H21ClN4O3S. The van der Waals surface area contributed by atoms with E-state index in [0.29, 0.717) is 16.7 Å². The second kappa shape index (κ2) is 8.20. The molecule has 140 valence electrons. The van der Waals surface area contributed by atoms with Crippen LogP contribution in [-0.4, -0.2) is 38.6 Å². The van der Waals surface area contributed by atoms with Crippen molar-refractivity contribution in [2.24, 2.45) is 0 Å². The summed E-state index contributed by atoms with van der Waals surface area (Å²) in [6.07, 6.45) is 5.11. The first-order valence-corrected chi connectivity index (χ1v) is 10.3. The van der Waals surface area contributed by atoms with Gasteiger partial charge in [0.2, 0.25) is 16.0 Å². The van der Waals surface area contributed by atoms with E-state index in [2.05, 4.69) is 19.6 Å². The summed E-state index contributed by atoms with van der Waals surface area (Å²) >= 11 is 5.93. The van der Waals surface area contributed by atoms with Gasteiger partial charge in [0.05, 0.1) is 19.3 Å². The summed E-state index contributed by atoms with van der Waals surface area (Å²) in [6.45, 7) is 1.91. The maximum atomic E-state index is 12.6. The fourth-order valence-corrected chi connectivity index (χ4v) is 4.27. The third-order valence-corrected chi connectivity index (χ3v) is 5.86. The van der Waals surface area contributed by atoms with Gasteiger partial charge in [0.15, 0.2) is 0 Å². The average molecular weight is 397 g/mol. The fraction of sp³-hybridized carbons (Fsp3) is 0.412. The van der Waals surface area contributed by atoms with Crippen LogP contribution >= 0.6 is 11.6 Å². The lowest BCUT2D eigenvalue weighted by Crippen LogP contribution is -2.31. The maximum Gasteiger partial charge on any atom is 0.244 e. The molecule has 7 nitrogen and oxygen atoms in total. The molecule has 1 saturated heterocycles. The van der Waals surface area contributed by atoms with E-state index in [1.807, 2.05) is 0 Å². The Bertz CT molecular complexity index is 870. The van der Waals surface area contributed by atoms with Crippen LogP contribution in [0, 0.1) is 0 Å². The van der Waals surface area contributed by atoms with Crippen LogP contribution in [0.25, 0.3) is 0 Å². The van der Waals surface area contributed by atoms with Gasteiger partial charge in [0.25, 0.3) is 0 Å². The number of halogens is 1. The van der Waals surface area contributed by atoms with Crippen molar-refractivity contribution in [3.63, 3.8) is 0 Å². The van der Waals surface area contributed by atoms with Crippen LogP contribution in [0.1, 0.15) is 25.0 Å². The molecule has 3 rings (SSSR count). The van der Waals surface area contributed by atoms with Crippen LogP contribution in [0.4, 0.5) is 5.95 Å². The highest BCUT2D eigenvalue weighted by atomic mass is 35.5. The van der Waals surface area contributed by atoms with E-state index in [4.69, 9.17) is 16.3 Å². The van der Waals surface area contributed by atoms with Crippen molar-refractivity contribution >= 4 is 27.6 Å². The molecule has 0 aliphatic carbocycles. The van der Waals surface area contributed by atoms with E-state index < -0.39 is 10.0 Å². The third kappa shape index (κ3) is 4.44. The molecule has 0 spiro atoms. The van der Waals surface area contributed by atoms with Crippen molar-refractivity contribution in [3.8, 4) is 5.75 Å². The summed E-state index contributed by atoms with van der Waals surface area (Å²) in [5, 5.41) is 0.320. The van der Waals surface area contributed by atoms with Gasteiger partial charge in [-0.05, 0) is 43.5 Å². The summed E-state index contributed by atoms with van der Waals surface area (Å²) < 4.78 is 32.9. The number of ether oxygens (including phenoxy) is 1. The number of sulfonamides is 1. The van der Waals surface area contributed by atoms with Crippen LogP contribution in [0.3, 0.4) is 0 Å². The number of hydrogen-bond acceptors (Lipinski definition) is 6. The van der Waals surface area contributed by atoms with Crippen molar-refractivity contribution in [1.82, 2.24) is 14.7 Å². The quantitative estimate of drug-likeness (QED) is 0.807. The van der Waals surface area contributed by atoms with Gasteiger partial charge in [-0.3, -0.25) is 0 Å². The Kier molecular flexibility index (Phi) is 5.95. The Morgan fingerprint density at radius 3 is 2.73 bits per heavy atom. The van der Waals surface area contributed by atoms with Gasteiger partial charge in [-0.25, -0.2) is 23.1 Å². The molecule has 2 heterocycles. The monoisotopic (exact) mass is 396 g/mol. The zero-order chi connectivity index (χ0) is 18.6. The van der Waals surface area contributed by atoms with E-state index in [1.165, 1.54) is 25.7 Å². The topological polar surface area (TPSA) is 84.4 Å². The number of aromatic nitrogens is 2. The number of nitrogens with one attached hydrogen (secondary N) is 1. The van der Waals surface area contributed by atoms with Crippen LogP contribution in [0.2, 0.25) is 5.02 Å². The van der Waals surface area contributed by atoms with Gasteiger partial charge in [-0.1, -0.05) is 11.6 Å². The van der Waals surface area contributed by atoms with Crippen LogP contribution in [-0.2, 0) is 16.6 Å². The molecule has 0 bridgehead atoms. The Hall–Kier alpha value is -1.90. The second-order valence-corrected chi connectivity index (χ2v) is 8.19. The molecule has 1 N–H and O–H groups in total. The second-order valence-electron chi connectivity index (χ2n) is 6.02. The molecule has 9 heteroatoms. The normalized spacial score (nSPS) is 15.1. The predicted molar refractivity (Wildman–Crippen MR) is 100 cm³/mol. The van der Waals surface area contributed by atoms with Crippen LogP contribution in [0.15, 0.2) is 35.4 Å². The molecular weight excluding hydrogens is 376 g/mol. The molecule has 1 aliphatic heterocycles. The van der Waals surface area contributed by atoms with Crippen molar-refractivity contribution in [1.29, 1.82) is 0 Å². The highest BCUT2D eigenvalue weighted by Gasteiger charge is 2.20. The van der Waals surface area contributed by atoms with E-state index >= 15 is 0 Å². The van der Waals surface area contributed by atoms with Crippen molar-refractivity contribution < 1.29 is 13.2 Å². The summed E-state index contributed by atoms with van der Waals surface area (Å²) in [7, 11) is -2.38. The first-order valence-electron chi connectivity index (χ1n) is 8.40. The molecule has 0 atom stereocenters. The maximum absolute atomic E-state index is 12.6. The summed E-state index contributed by atoms with van der Waals surface area (Å²) in [5.41, 5.74) is 0.602. The Balaban J connectivity index is 1.75. The predicted octanol–water partition coefficient (Wildman–Crippen LogP) is 2.61. The van der Waals surface area contributed by atoms with E-state index in [-0.39, 0.29) is 17.2 Å². The Labute approximate surface area is 158 Å². The third-order valence-electron chi connectivity index (χ3n) is 4.20. The van der Waals surface area contributed by atoms with Gasteiger partial charge in [0.1, 0.15) is 10.6 Å². The fourth-order valence-electron chi connectivity index (χ4n) is 2.84. The highest BCUT2D eigenvalue weighted by molar-refractivity contribution is 7.89. The largest absolute Gasteiger partial charge is 0.495 e. The number of nitrogens with zero attached hydrogens (tertiary/aromatic N) is 3. The number of piperidine rings is 1. The zero-order valence-corrected chi connectivity index (χ0v) is 16.1. The van der Waals surface area contributed by atoms with Gasteiger partial charge in [-0.15, -0.1) is 0 Å². The number of benzene rings is 1. The standard InChI is InChI=1S/C17H21ClN4O3S/c1-25-15-6-5-13(18)11-16(15)26(23,24)20-12-14-7-8-19-17(21-14)22-9-3-2-4-10-22/h5-8,11,20H,2-4,9-10,12H2,1H3. The van der Waals surface area contributed by atoms with Crippen molar-refractivity contribution in [2.75, 3.05) is 25.1 Å². The molecule has 0 unspecified atom stereocenters. The van der Waals surface area contributed by atoms with Crippen molar-refractivity contribution in [3.05, 3.63) is 41.2 Å². The number of anilines is 1. The highest BCUT2D eigenvalue weighted by Crippen LogP contribution is 2.27. The molecule has 0 saturated carbocycles. The summed E-state index contributed by atoms with van der Waals surface area (Å²) in [4.78, 5) is 10.9. The van der Waals surface area contributed by atoms with Gasteiger partial charge in [0, 0.05) is 24.3 Å². The minimum Gasteiger partial charge on any atom is -0.495 e. The molecule has 1 aromatic carbocycles. The average Bonchev–Trinajstić information content (AvgIpc) is 2.67. The number of hydrogen-bond donors (Lipinski definition) is 1. The first-order chi connectivity index (χ1) is 12.5. The van der Waals surface area contributed by atoms with Gasteiger partial charge in [-0.2, -0.15) is 0 Å². The molecule has 0 radical (unpaired) electrons. The molecule has 26 heavy (non-hydrogen) atoms. The first kappa shape index (κ1) is 18.9. The number of rotatable bonds is 6. The molecule has 1 aromatic heterocycles. The van der Waals surface area contributed by atoms with E-state index in [0.717, 1.165) is 25.9 Å². The van der Waals surface area contributed by atoms with E-state index in [1.54, 1.807) is 18.3 Å². The number of methoxy groups -OCH3 is 1. The Morgan fingerprint density at radius 2 is 2.00 bits per heavy atom. The van der Waals surface area contributed by atoms with Crippen LogP contribution in [0.5, 0.6) is 5.75 Å². The minimum atomic E-state index is -3.79. The molecule has 1 aliphatic rings.